The lowest BCUT2D eigenvalue weighted by atomic mass is 9.92. The highest BCUT2D eigenvalue weighted by molar-refractivity contribution is 6.03. The van der Waals surface area contributed by atoms with Crippen LogP contribution >= 0.6 is 0 Å². The van der Waals surface area contributed by atoms with Crippen LogP contribution in [0.5, 0.6) is 0 Å². The minimum absolute atomic E-state index is 0.0204. The standard InChI is InChI=1S/C28H51N3O5/c1-20(2)10-14-29-26(35)27(6,7)19-36-28(8,9)13-17-30(15-11-21(3)4)23(32)12-16-31-24(33)18-22(5)25(31)34/h20-22H,10-19H2,1-9H3,(H,29,35). The second-order valence-corrected chi connectivity index (χ2v) is 12.4. The third kappa shape index (κ3) is 11.0. The molecule has 1 saturated heterocycles. The maximum absolute atomic E-state index is 13.1. The first kappa shape index (κ1) is 32.1. The highest BCUT2D eigenvalue weighted by Crippen LogP contribution is 2.24. The van der Waals surface area contributed by atoms with Crippen LogP contribution < -0.4 is 5.32 Å². The lowest BCUT2D eigenvalue weighted by Gasteiger charge is -2.33. The molecule has 1 fully saturated rings. The number of carbonyl (C=O) groups excluding carboxylic acids is 4. The number of hydrogen-bond acceptors (Lipinski definition) is 5. The van der Waals surface area contributed by atoms with E-state index in [1.54, 1.807) is 6.92 Å². The third-order valence-electron chi connectivity index (χ3n) is 6.78. The Labute approximate surface area is 218 Å². The summed E-state index contributed by atoms with van der Waals surface area (Å²) in [6, 6.07) is 0. The van der Waals surface area contributed by atoms with Crippen molar-refractivity contribution in [3.8, 4) is 0 Å². The summed E-state index contributed by atoms with van der Waals surface area (Å²) in [6.45, 7) is 20.2. The molecule has 0 aromatic carbocycles. The fraction of sp³-hybridized carbons (Fsp3) is 0.857. The van der Waals surface area contributed by atoms with E-state index in [0.29, 0.717) is 37.9 Å². The summed E-state index contributed by atoms with van der Waals surface area (Å²) < 4.78 is 6.18. The molecule has 36 heavy (non-hydrogen) atoms. The lowest BCUT2D eigenvalue weighted by Crippen LogP contribution is -2.44. The Balaban J connectivity index is 2.65. The zero-order chi connectivity index (χ0) is 27.7. The molecule has 1 N–H and O–H groups in total. The molecule has 4 amide bonds. The van der Waals surface area contributed by atoms with Crippen molar-refractivity contribution >= 4 is 23.6 Å². The van der Waals surface area contributed by atoms with Gasteiger partial charge < -0.3 is 15.0 Å². The van der Waals surface area contributed by atoms with Crippen LogP contribution in [-0.4, -0.2) is 71.8 Å². The summed E-state index contributed by atoms with van der Waals surface area (Å²) >= 11 is 0. The predicted octanol–water partition coefficient (Wildman–Crippen LogP) is 4.02. The van der Waals surface area contributed by atoms with Crippen molar-refractivity contribution < 1.29 is 23.9 Å². The SMILES string of the molecule is CC(C)CCNC(=O)C(C)(C)COC(C)(C)CCN(CCC(C)C)C(=O)CCN1C(=O)CC(C)C1=O. The van der Waals surface area contributed by atoms with E-state index in [-0.39, 0.29) is 55.5 Å². The normalized spacial score (nSPS) is 16.9. The van der Waals surface area contributed by atoms with Gasteiger partial charge in [0, 0.05) is 44.9 Å². The Hall–Kier alpha value is -1.96. The molecule has 1 heterocycles. The zero-order valence-electron chi connectivity index (χ0n) is 24.2. The summed E-state index contributed by atoms with van der Waals surface area (Å²) in [5.41, 5.74) is -1.19. The quantitative estimate of drug-likeness (QED) is 0.317. The van der Waals surface area contributed by atoms with Gasteiger partial charge in [0.1, 0.15) is 0 Å². The van der Waals surface area contributed by atoms with Crippen LogP contribution in [0.25, 0.3) is 0 Å². The van der Waals surface area contributed by atoms with E-state index >= 15 is 0 Å². The van der Waals surface area contributed by atoms with Crippen LogP contribution in [0.15, 0.2) is 0 Å². The minimum atomic E-state index is -0.659. The van der Waals surface area contributed by atoms with E-state index in [1.165, 1.54) is 4.90 Å². The van der Waals surface area contributed by atoms with Gasteiger partial charge in [-0.25, -0.2) is 0 Å². The molecular formula is C28H51N3O5. The summed E-state index contributed by atoms with van der Waals surface area (Å²) in [5, 5.41) is 3.01. The van der Waals surface area contributed by atoms with E-state index in [1.807, 2.05) is 32.6 Å². The minimum Gasteiger partial charge on any atom is -0.374 e. The average molecular weight is 510 g/mol. The van der Waals surface area contributed by atoms with Gasteiger partial charge >= 0.3 is 0 Å². The Bertz CT molecular complexity index is 760. The maximum atomic E-state index is 13.1. The number of imide groups is 1. The predicted molar refractivity (Wildman–Crippen MR) is 142 cm³/mol. The van der Waals surface area contributed by atoms with Crippen LogP contribution in [0.2, 0.25) is 0 Å². The number of hydrogen-bond donors (Lipinski definition) is 1. The van der Waals surface area contributed by atoms with Crippen molar-refractivity contribution in [2.45, 2.75) is 100 Å². The summed E-state index contributed by atoms with van der Waals surface area (Å²) in [6.07, 6.45) is 2.78. The number of rotatable bonds is 16. The highest BCUT2D eigenvalue weighted by atomic mass is 16.5. The van der Waals surface area contributed by atoms with Crippen molar-refractivity contribution in [3.05, 3.63) is 0 Å². The summed E-state index contributed by atoms with van der Waals surface area (Å²) in [7, 11) is 0. The third-order valence-corrected chi connectivity index (χ3v) is 6.78. The molecule has 0 aliphatic carbocycles. The Morgan fingerprint density at radius 2 is 1.67 bits per heavy atom. The molecule has 1 atom stereocenters. The molecule has 8 heteroatoms. The highest BCUT2D eigenvalue weighted by Gasteiger charge is 2.36. The molecule has 8 nitrogen and oxygen atoms in total. The molecule has 0 aromatic heterocycles. The second-order valence-electron chi connectivity index (χ2n) is 12.4. The van der Waals surface area contributed by atoms with Crippen LogP contribution in [-0.2, 0) is 23.9 Å². The van der Waals surface area contributed by atoms with Gasteiger partial charge in [-0.2, -0.15) is 0 Å². The van der Waals surface area contributed by atoms with E-state index < -0.39 is 11.0 Å². The second kappa shape index (κ2) is 14.1. The average Bonchev–Trinajstić information content (AvgIpc) is 3.01. The largest absolute Gasteiger partial charge is 0.374 e. The van der Waals surface area contributed by atoms with E-state index in [4.69, 9.17) is 4.74 Å². The molecule has 0 aromatic rings. The van der Waals surface area contributed by atoms with Gasteiger partial charge in [-0.05, 0) is 58.8 Å². The number of carbonyl (C=O) groups is 4. The molecule has 1 unspecified atom stereocenters. The van der Waals surface area contributed by atoms with Crippen LogP contribution in [0.4, 0.5) is 0 Å². The molecule has 0 spiro atoms. The number of nitrogens with one attached hydrogen (secondary N) is 1. The first-order valence-corrected chi connectivity index (χ1v) is 13.6. The van der Waals surface area contributed by atoms with E-state index in [0.717, 1.165) is 12.8 Å². The number of nitrogens with zero attached hydrogens (tertiary/aromatic N) is 2. The van der Waals surface area contributed by atoms with Gasteiger partial charge in [-0.1, -0.05) is 34.6 Å². The summed E-state index contributed by atoms with van der Waals surface area (Å²) in [5.74, 6) is 0.215. The number of ether oxygens (including phenoxy) is 1. The summed E-state index contributed by atoms with van der Waals surface area (Å²) in [4.78, 5) is 53.0. The van der Waals surface area contributed by atoms with Gasteiger partial charge in [-0.3, -0.25) is 24.1 Å². The smallest absolute Gasteiger partial charge is 0.232 e. The van der Waals surface area contributed by atoms with Crippen molar-refractivity contribution in [1.29, 1.82) is 0 Å². The molecule has 208 valence electrons. The number of likely N-dealkylation sites (tertiary alicyclic amines) is 1. The molecule has 1 aliphatic rings. The first-order valence-electron chi connectivity index (χ1n) is 13.6. The fourth-order valence-electron chi connectivity index (χ4n) is 3.86. The van der Waals surface area contributed by atoms with Crippen LogP contribution in [0.1, 0.15) is 94.4 Å². The van der Waals surface area contributed by atoms with Crippen LogP contribution in [0, 0.1) is 23.2 Å². The molecule has 0 radical (unpaired) electrons. The van der Waals surface area contributed by atoms with Gasteiger partial charge in [0.25, 0.3) is 0 Å². The lowest BCUT2D eigenvalue weighted by molar-refractivity contribution is -0.140. The number of amides is 4. The van der Waals surface area contributed by atoms with Crippen molar-refractivity contribution in [2.24, 2.45) is 23.2 Å². The molecule has 0 bridgehead atoms. The molecule has 0 saturated carbocycles. The molecule has 1 rings (SSSR count). The van der Waals surface area contributed by atoms with Gasteiger partial charge in [0.2, 0.25) is 23.6 Å². The molecule has 1 aliphatic heterocycles. The van der Waals surface area contributed by atoms with Gasteiger partial charge in [0.05, 0.1) is 17.6 Å². The Morgan fingerprint density at radius 3 is 2.19 bits per heavy atom. The van der Waals surface area contributed by atoms with Crippen molar-refractivity contribution in [1.82, 2.24) is 15.1 Å². The van der Waals surface area contributed by atoms with E-state index in [2.05, 4.69) is 33.0 Å². The first-order chi connectivity index (χ1) is 16.6. The van der Waals surface area contributed by atoms with Crippen molar-refractivity contribution in [2.75, 3.05) is 32.8 Å². The monoisotopic (exact) mass is 509 g/mol. The topological polar surface area (TPSA) is 96.0 Å². The van der Waals surface area contributed by atoms with Gasteiger partial charge in [0.15, 0.2) is 0 Å². The fourth-order valence-corrected chi connectivity index (χ4v) is 3.86. The van der Waals surface area contributed by atoms with Crippen LogP contribution in [0.3, 0.4) is 0 Å². The van der Waals surface area contributed by atoms with Gasteiger partial charge in [-0.15, -0.1) is 0 Å². The Kier molecular flexibility index (Phi) is 12.6. The molecular weight excluding hydrogens is 458 g/mol. The van der Waals surface area contributed by atoms with Crippen molar-refractivity contribution in [3.63, 3.8) is 0 Å². The maximum Gasteiger partial charge on any atom is 0.232 e. The zero-order valence-corrected chi connectivity index (χ0v) is 24.2. The van der Waals surface area contributed by atoms with E-state index in [9.17, 15) is 19.2 Å². The Morgan fingerprint density at radius 1 is 1.06 bits per heavy atom.